The Kier molecular flexibility index (Phi) is 5.95. The Bertz CT molecular complexity index is 143. The number of hydrogen-bond acceptors (Lipinski definition) is 2. The molecule has 1 N–H and O–H groups in total. The van der Waals surface area contributed by atoms with E-state index in [1.165, 1.54) is 37.9 Å². The average molecular weight is 215 g/mol. The molecule has 1 saturated carbocycles. The molecule has 1 fully saturated rings. The molecule has 1 aliphatic carbocycles. The van der Waals surface area contributed by atoms with Crippen LogP contribution in [0.25, 0.3) is 0 Å². The van der Waals surface area contributed by atoms with E-state index in [9.17, 15) is 0 Å². The second-order valence-corrected chi connectivity index (χ2v) is 5.67. The van der Waals surface area contributed by atoms with Gasteiger partial charge in [0.25, 0.3) is 0 Å². The summed E-state index contributed by atoms with van der Waals surface area (Å²) in [7, 11) is 0. The molecule has 84 valence electrons. The molecular weight excluding hydrogens is 190 g/mol. The standard InChI is InChI=1S/C12H25NS/c1-10(8-9-14-3)13-11(2)12-6-4-5-7-12/h10-13H,4-9H2,1-3H3. The normalized spacial score (nSPS) is 22.5. The van der Waals surface area contributed by atoms with Gasteiger partial charge in [0.1, 0.15) is 0 Å². The maximum atomic E-state index is 3.74. The monoisotopic (exact) mass is 215 g/mol. The Labute approximate surface area is 93.4 Å². The lowest BCUT2D eigenvalue weighted by atomic mass is 9.99. The van der Waals surface area contributed by atoms with Gasteiger partial charge in [-0.3, -0.25) is 0 Å². The molecule has 0 aromatic rings. The van der Waals surface area contributed by atoms with Crippen LogP contribution >= 0.6 is 11.8 Å². The fourth-order valence-electron chi connectivity index (χ4n) is 2.42. The first-order chi connectivity index (χ1) is 6.74. The van der Waals surface area contributed by atoms with Crippen molar-refractivity contribution in [3.05, 3.63) is 0 Å². The van der Waals surface area contributed by atoms with E-state index in [1.54, 1.807) is 0 Å². The van der Waals surface area contributed by atoms with Gasteiger partial charge in [0.05, 0.1) is 0 Å². The zero-order valence-corrected chi connectivity index (χ0v) is 10.7. The van der Waals surface area contributed by atoms with Crippen LogP contribution in [0.15, 0.2) is 0 Å². The van der Waals surface area contributed by atoms with Crippen molar-refractivity contribution < 1.29 is 0 Å². The number of thioether (sulfide) groups is 1. The van der Waals surface area contributed by atoms with E-state index < -0.39 is 0 Å². The van der Waals surface area contributed by atoms with Crippen molar-refractivity contribution in [1.82, 2.24) is 5.32 Å². The van der Waals surface area contributed by atoms with Crippen molar-refractivity contribution >= 4 is 11.8 Å². The van der Waals surface area contributed by atoms with E-state index in [0.717, 1.165) is 12.0 Å². The van der Waals surface area contributed by atoms with Crippen LogP contribution in [-0.2, 0) is 0 Å². The van der Waals surface area contributed by atoms with Gasteiger partial charge in [-0.25, -0.2) is 0 Å². The Morgan fingerprint density at radius 1 is 1.29 bits per heavy atom. The fourth-order valence-corrected chi connectivity index (χ4v) is 3.01. The first-order valence-electron chi connectivity index (χ1n) is 5.99. The van der Waals surface area contributed by atoms with Gasteiger partial charge in [0.2, 0.25) is 0 Å². The van der Waals surface area contributed by atoms with Crippen molar-refractivity contribution in [2.24, 2.45) is 5.92 Å². The molecule has 14 heavy (non-hydrogen) atoms. The van der Waals surface area contributed by atoms with Crippen LogP contribution in [0, 0.1) is 5.92 Å². The summed E-state index contributed by atoms with van der Waals surface area (Å²) in [5.74, 6) is 2.23. The van der Waals surface area contributed by atoms with Gasteiger partial charge in [0, 0.05) is 12.1 Å². The molecule has 2 atom stereocenters. The number of rotatable bonds is 6. The van der Waals surface area contributed by atoms with E-state index in [2.05, 4.69) is 25.4 Å². The lowest BCUT2D eigenvalue weighted by Crippen LogP contribution is -2.39. The molecule has 0 heterocycles. The van der Waals surface area contributed by atoms with Crippen molar-refractivity contribution in [2.75, 3.05) is 12.0 Å². The summed E-state index contributed by atoms with van der Waals surface area (Å²) < 4.78 is 0. The van der Waals surface area contributed by atoms with Gasteiger partial charge < -0.3 is 5.32 Å². The zero-order valence-electron chi connectivity index (χ0n) is 9.88. The van der Waals surface area contributed by atoms with Crippen LogP contribution in [0.1, 0.15) is 46.0 Å². The Hall–Kier alpha value is 0.310. The van der Waals surface area contributed by atoms with Gasteiger partial charge in [-0.15, -0.1) is 0 Å². The maximum Gasteiger partial charge on any atom is 0.00694 e. The van der Waals surface area contributed by atoms with Gasteiger partial charge in [0.15, 0.2) is 0 Å². The van der Waals surface area contributed by atoms with Crippen LogP contribution < -0.4 is 5.32 Å². The second kappa shape index (κ2) is 6.73. The molecule has 0 saturated heterocycles. The lowest BCUT2D eigenvalue weighted by Gasteiger charge is -2.24. The lowest BCUT2D eigenvalue weighted by molar-refractivity contribution is 0.346. The summed E-state index contributed by atoms with van der Waals surface area (Å²) in [6.45, 7) is 4.69. The molecule has 0 aliphatic heterocycles. The summed E-state index contributed by atoms with van der Waals surface area (Å²) in [4.78, 5) is 0. The summed E-state index contributed by atoms with van der Waals surface area (Å²) in [5, 5.41) is 3.74. The van der Waals surface area contributed by atoms with Crippen molar-refractivity contribution in [1.29, 1.82) is 0 Å². The quantitative estimate of drug-likeness (QED) is 0.729. The van der Waals surface area contributed by atoms with Crippen molar-refractivity contribution in [2.45, 2.75) is 58.0 Å². The van der Waals surface area contributed by atoms with Crippen LogP contribution in [0.5, 0.6) is 0 Å². The van der Waals surface area contributed by atoms with Gasteiger partial charge >= 0.3 is 0 Å². The molecule has 2 unspecified atom stereocenters. The fraction of sp³-hybridized carbons (Fsp3) is 1.00. The molecule has 0 spiro atoms. The topological polar surface area (TPSA) is 12.0 Å². The third-order valence-corrected chi connectivity index (χ3v) is 4.05. The highest BCUT2D eigenvalue weighted by Crippen LogP contribution is 2.27. The van der Waals surface area contributed by atoms with Gasteiger partial charge in [-0.2, -0.15) is 11.8 Å². The molecule has 2 heteroatoms. The number of nitrogens with one attached hydrogen (secondary N) is 1. The summed E-state index contributed by atoms with van der Waals surface area (Å²) in [6.07, 6.45) is 9.30. The highest BCUT2D eigenvalue weighted by Gasteiger charge is 2.21. The molecule has 0 amide bonds. The highest BCUT2D eigenvalue weighted by molar-refractivity contribution is 7.98. The first-order valence-corrected chi connectivity index (χ1v) is 7.38. The Balaban J connectivity index is 2.14. The molecule has 1 rings (SSSR count). The first kappa shape index (κ1) is 12.4. The summed E-state index contributed by atoms with van der Waals surface area (Å²) in [5.41, 5.74) is 0. The summed E-state index contributed by atoms with van der Waals surface area (Å²) >= 11 is 1.95. The molecule has 0 aromatic carbocycles. The van der Waals surface area contributed by atoms with E-state index in [0.29, 0.717) is 6.04 Å². The SMILES string of the molecule is CSCCC(C)NC(C)C1CCCC1. The highest BCUT2D eigenvalue weighted by atomic mass is 32.2. The van der Waals surface area contributed by atoms with Gasteiger partial charge in [-0.05, 0) is 51.0 Å². The second-order valence-electron chi connectivity index (χ2n) is 4.68. The minimum atomic E-state index is 0.693. The summed E-state index contributed by atoms with van der Waals surface area (Å²) in [6, 6.07) is 1.42. The van der Waals surface area contributed by atoms with Gasteiger partial charge in [-0.1, -0.05) is 12.8 Å². The molecule has 1 aliphatic rings. The van der Waals surface area contributed by atoms with Crippen molar-refractivity contribution in [3.63, 3.8) is 0 Å². The van der Waals surface area contributed by atoms with Crippen LogP contribution in [0.4, 0.5) is 0 Å². The Morgan fingerprint density at radius 3 is 2.50 bits per heavy atom. The van der Waals surface area contributed by atoms with Crippen LogP contribution in [0.3, 0.4) is 0 Å². The third-order valence-electron chi connectivity index (χ3n) is 3.41. The molecule has 0 aromatic heterocycles. The van der Waals surface area contributed by atoms with Crippen molar-refractivity contribution in [3.8, 4) is 0 Å². The van der Waals surface area contributed by atoms with E-state index >= 15 is 0 Å². The van der Waals surface area contributed by atoms with E-state index in [-0.39, 0.29) is 0 Å². The van der Waals surface area contributed by atoms with E-state index in [4.69, 9.17) is 0 Å². The Morgan fingerprint density at radius 2 is 1.93 bits per heavy atom. The minimum absolute atomic E-state index is 0.693. The van der Waals surface area contributed by atoms with Crippen LogP contribution in [0.2, 0.25) is 0 Å². The predicted octanol–water partition coefficient (Wildman–Crippen LogP) is 3.30. The third kappa shape index (κ3) is 4.22. The maximum absolute atomic E-state index is 3.74. The molecular formula is C12H25NS. The zero-order chi connectivity index (χ0) is 10.4. The largest absolute Gasteiger partial charge is 0.311 e. The number of hydrogen-bond donors (Lipinski definition) is 1. The molecule has 0 radical (unpaired) electrons. The minimum Gasteiger partial charge on any atom is -0.311 e. The predicted molar refractivity (Wildman–Crippen MR) is 67.0 cm³/mol. The smallest absolute Gasteiger partial charge is 0.00694 e. The van der Waals surface area contributed by atoms with E-state index in [1.807, 2.05) is 11.8 Å². The van der Waals surface area contributed by atoms with Crippen LogP contribution in [-0.4, -0.2) is 24.1 Å². The molecule has 1 nitrogen and oxygen atoms in total. The molecule has 0 bridgehead atoms. The average Bonchev–Trinajstić information content (AvgIpc) is 2.67.